The van der Waals surface area contributed by atoms with Crippen molar-refractivity contribution in [2.75, 3.05) is 13.3 Å². The lowest BCUT2D eigenvalue weighted by Crippen LogP contribution is -2.33. The lowest BCUT2D eigenvalue weighted by atomic mass is 9.97. The maximum atomic E-state index is 11.7. The summed E-state index contributed by atoms with van der Waals surface area (Å²) in [5.41, 5.74) is 1.17. The summed E-state index contributed by atoms with van der Waals surface area (Å²) in [6.07, 6.45) is 4.53. The molecule has 3 unspecified atom stereocenters. The summed E-state index contributed by atoms with van der Waals surface area (Å²) in [5.74, 6) is 0.828. The van der Waals surface area contributed by atoms with Crippen molar-refractivity contribution in [3.05, 3.63) is 29.8 Å². The van der Waals surface area contributed by atoms with Crippen LogP contribution in [-0.2, 0) is 9.84 Å². The van der Waals surface area contributed by atoms with Crippen molar-refractivity contribution in [2.24, 2.45) is 0 Å². The third kappa shape index (κ3) is 4.45. The first-order valence-corrected chi connectivity index (χ1v) is 9.48. The molecular formula is C16H25NO3S. The maximum absolute atomic E-state index is 11.7. The second-order valence-electron chi connectivity index (χ2n) is 5.94. The number of hydrogen-bond acceptors (Lipinski definition) is 4. The molecule has 0 saturated heterocycles. The molecule has 0 heterocycles. The summed E-state index contributed by atoms with van der Waals surface area (Å²) >= 11 is 0. The fourth-order valence-electron chi connectivity index (χ4n) is 2.81. The van der Waals surface area contributed by atoms with E-state index in [1.807, 2.05) is 25.2 Å². The highest BCUT2D eigenvalue weighted by Gasteiger charge is 2.29. The summed E-state index contributed by atoms with van der Waals surface area (Å²) < 4.78 is 29.4. The van der Waals surface area contributed by atoms with Gasteiger partial charge in [-0.2, -0.15) is 0 Å². The van der Waals surface area contributed by atoms with E-state index >= 15 is 0 Å². The zero-order valence-electron chi connectivity index (χ0n) is 13.0. The van der Waals surface area contributed by atoms with Crippen molar-refractivity contribution in [1.82, 2.24) is 5.32 Å². The van der Waals surface area contributed by atoms with Crippen LogP contribution in [0, 0.1) is 0 Å². The van der Waals surface area contributed by atoms with Crippen molar-refractivity contribution in [2.45, 2.75) is 50.0 Å². The monoisotopic (exact) mass is 311 g/mol. The van der Waals surface area contributed by atoms with Crippen molar-refractivity contribution in [1.29, 1.82) is 0 Å². The topological polar surface area (TPSA) is 55.4 Å². The van der Waals surface area contributed by atoms with Gasteiger partial charge < -0.3 is 10.1 Å². The van der Waals surface area contributed by atoms with Crippen LogP contribution < -0.4 is 10.1 Å². The highest BCUT2D eigenvalue weighted by Crippen LogP contribution is 2.28. The van der Waals surface area contributed by atoms with Crippen LogP contribution in [0.4, 0.5) is 0 Å². The molecule has 1 N–H and O–H groups in total. The Hall–Kier alpha value is -1.07. The normalized spacial score (nSPS) is 24.5. The predicted octanol–water partition coefficient (Wildman–Crippen LogP) is 2.70. The lowest BCUT2D eigenvalue weighted by molar-refractivity contribution is 0.156. The number of rotatable bonds is 5. The fraction of sp³-hybridized carbons (Fsp3) is 0.625. The largest absolute Gasteiger partial charge is 0.490 e. The van der Waals surface area contributed by atoms with Gasteiger partial charge in [-0.25, -0.2) is 8.42 Å². The molecule has 1 aliphatic rings. The van der Waals surface area contributed by atoms with Gasteiger partial charge in [-0.1, -0.05) is 12.1 Å². The first kappa shape index (κ1) is 16.3. The van der Waals surface area contributed by atoms with Crippen LogP contribution >= 0.6 is 0 Å². The SMILES string of the molecule is CNC(C)c1cccc(OC2CCCC(S(C)(=O)=O)C2)c1. The molecule has 4 nitrogen and oxygen atoms in total. The van der Waals surface area contributed by atoms with E-state index in [0.29, 0.717) is 6.42 Å². The number of benzene rings is 1. The van der Waals surface area contributed by atoms with Crippen molar-refractivity contribution < 1.29 is 13.2 Å². The summed E-state index contributed by atoms with van der Waals surface area (Å²) in [6, 6.07) is 8.29. The molecule has 118 valence electrons. The second kappa shape index (κ2) is 6.79. The molecule has 21 heavy (non-hydrogen) atoms. The third-order valence-corrected chi connectivity index (χ3v) is 5.92. The molecule has 0 amide bonds. The minimum Gasteiger partial charge on any atom is -0.490 e. The molecule has 1 saturated carbocycles. The highest BCUT2D eigenvalue weighted by molar-refractivity contribution is 7.91. The Labute approximate surface area is 127 Å². The van der Waals surface area contributed by atoms with Crippen LogP contribution in [0.25, 0.3) is 0 Å². The molecule has 0 spiro atoms. The minimum atomic E-state index is -2.97. The zero-order chi connectivity index (χ0) is 15.5. The van der Waals surface area contributed by atoms with Crippen LogP contribution in [0.5, 0.6) is 5.75 Å². The number of nitrogens with one attached hydrogen (secondary N) is 1. The van der Waals surface area contributed by atoms with Gasteiger partial charge in [0.25, 0.3) is 0 Å². The predicted molar refractivity (Wildman–Crippen MR) is 85.4 cm³/mol. The van der Waals surface area contributed by atoms with E-state index < -0.39 is 9.84 Å². The van der Waals surface area contributed by atoms with Crippen LogP contribution in [0.3, 0.4) is 0 Å². The second-order valence-corrected chi connectivity index (χ2v) is 8.27. The Morgan fingerprint density at radius 1 is 1.33 bits per heavy atom. The molecule has 1 aromatic rings. The Morgan fingerprint density at radius 3 is 2.76 bits per heavy atom. The average molecular weight is 311 g/mol. The Morgan fingerprint density at radius 2 is 2.10 bits per heavy atom. The van der Waals surface area contributed by atoms with Crippen LogP contribution in [0.1, 0.15) is 44.2 Å². The molecule has 2 rings (SSSR count). The van der Waals surface area contributed by atoms with E-state index in [9.17, 15) is 8.42 Å². The van der Waals surface area contributed by atoms with Crippen molar-refractivity contribution in [3.8, 4) is 5.75 Å². The van der Waals surface area contributed by atoms with Gasteiger partial charge in [0, 0.05) is 18.7 Å². The Balaban J connectivity index is 2.04. The molecule has 0 aliphatic heterocycles. The lowest BCUT2D eigenvalue weighted by Gasteiger charge is -2.28. The van der Waals surface area contributed by atoms with Gasteiger partial charge in [-0.15, -0.1) is 0 Å². The van der Waals surface area contributed by atoms with E-state index in [2.05, 4.69) is 18.3 Å². The standard InChI is InChI=1S/C16H25NO3S/c1-12(17-2)13-6-4-7-14(10-13)20-15-8-5-9-16(11-15)21(3,18)19/h4,6-7,10,12,15-17H,5,8-9,11H2,1-3H3. The molecule has 5 heteroatoms. The van der Waals surface area contributed by atoms with Gasteiger partial charge in [-0.05, 0) is 50.9 Å². The van der Waals surface area contributed by atoms with Gasteiger partial charge in [0.2, 0.25) is 0 Å². The zero-order valence-corrected chi connectivity index (χ0v) is 13.8. The van der Waals surface area contributed by atoms with Gasteiger partial charge in [0.05, 0.1) is 11.4 Å². The molecule has 0 aromatic heterocycles. The Kier molecular flexibility index (Phi) is 5.27. The van der Waals surface area contributed by atoms with E-state index in [-0.39, 0.29) is 17.4 Å². The van der Waals surface area contributed by atoms with E-state index in [1.165, 1.54) is 11.8 Å². The number of sulfone groups is 1. The molecule has 1 aromatic carbocycles. The van der Waals surface area contributed by atoms with E-state index in [4.69, 9.17) is 4.74 Å². The third-order valence-electron chi connectivity index (χ3n) is 4.28. The first-order valence-electron chi connectivity index (χ1n) is 7.53. The van der Waals surface area contributed by atoms with E-state index in [0.717, 1.165) is 25.0 Å². The summed E-state index contributed by atoms with van der Waals surface area (Å²) in [4.78, 5) is 0. The van der Waals surface area contributed by atoms with Crippen molar-refractivity contribution >= 4 is 9.84 Å². The van der Waals surface area contributed by atoms with Gasteiger partial charge in [-0.3, -0.25) is 0 Å². The van der Waals surface area contributed by atoms with Gasteiger partial charge in [0.15, 0.2) is 0 Å². The summed E-state index contributed by atoms with van der Waals surface area (Å²) in [6.45, 7) is 2.10. The summed E-state index contributed by atoms with van der Waals surface area (Å²) in [7, 11) is -1.04. The van der Waals surface area contributed by atoms with Crippen LogP contribution in [-0.4, -0.2) is 33.1 Å². The number of ether oxygens (including phenoxy) is 1. The molecule has 1 fully saturated rings. The van der Waals surface area contributed by atoms with Crippen LogP contribution in [0.15, 0.2) is 24.3 Å². The molecule has 3 atom stereocenters. The first-order chi connectivity index (χ1) is 9.90. The molecule has 0 radical (unpaired) electrons. The highest BCUT2D eigenvalue weighted by atomic mass is 32.2. The molecular weight excluding hydrogens is 286 g/mol. The minimum absolute atomic E-state index is 0.00128. The van der Waals surface area contributed by atoms with Gasteiger partial charge in [0.1, 0.15) is 15.6 Å². The molecule has 1 aliphatic carbocycles. The van der Waals surface area contributed by atoms with Gasteiger partial charge >= 0.3 is 0 Å². The number of hydrogen-bond donors (Lipinski definition) is 1. The maximum Gasteiger partial charge on any atom is 0.150 e. The average Bonchev–Trinajstić information content (AvgIpc) is 2.46. The van der Waals surface area contributed by atoms with Crippen molar-refractivity contribution in [3.63, 3.8) is 0 Å². The quantitative estimate of drug-likeness (QED) is 0.908. The fourth-order valence-corrected chi connectivity index (χ4v) is 3.97. The molecule has 0 bridgehead atoms. The Bertz CT molecular complexity index is 571. The summed E-state index contributed by atoms with van der Waals surface area (Å²) in [5, 5.41) is 2.95. The van der Waals surface area contributed by atoms with Crippen LogP contribution in [0.2, 0.25) is 0 Å². The smallest absolute Gasteiger partial charge is 0.150 e. The van der Waals surface area contributed by atoms with E-state index in [1.54, 1.807) is 0 Å².